The van der Waals surface area contributed by atoms with Crippen molar-refractivity contribution in [2.75, 3.05) is 10.6 Å². The smallest absolute Gasteiger partial charge is 0.265 e. The number of thiophene rings is 1. The first-order valence-corrected chi connectivity index (χ1v) is 10.9. The first-order valence-electron chi connectivity index (χ1n) is 9.98. The zero-order valence-electron chi connectivity index (χ0n) is 17.6. The van der Waals surface area contributed by atoms with E-state index >= 15 is 0 Å². The summed E-state index contributed by atoms with van der Waals surface area (Å²) in [4.78, 5) is 30.3. The van der Waals surface area contributed by atoms with Crippen LogP contribution in [-0.4, -0.2) is 26.4 Å². The van der Waals surface area contributed by atoms with Crippen molar-refractivity contribution in [1.82, 2.24) is 14.6 Å². The Morgan fingerprint density at radius 3 is 2.48 bits per heavy atom. The minimum atomic E-state index is -0.197. The number of benzene rings is 1. The summed E-state index contributed by atoms with van der Waals surface area (Å²) in [7, 11) is 0. The summed E-state index contributed by atoms with van der Waals surface area (Å²) >= 11 is 1.37. The molecule has 0 unspecified atom stereocenters. The largest absolute Gasteiger partial charge is 0.324 e. The molecule has 0 atom stereocenters. The molecular formula is C23H23N5O2S. The maximum atomic E-state index is 12.7. The predicted molar refractivity (Wildman–Crippen MR) is 123 cm³/mol. The number of anilines is 2. The second-order valence-electron chi connectivity index (χ2n) is 7.34. The highest BCUT2D eigenvalue weighted by molar-refractivity contribution is 7.12. The van der Waals surface area contributed by atoms with Gasteiger partial charge in [0.25, 0.3) is 5.91 Å². The fourth-order valence-electron chi connectivity index (χ4n) is 3.55. The molecule has 4 aromatic rings. The van der Waals surface area contributed by atoms with Crippen LogP contribution in [0.4, 0.5) is 11.4 Å². The molecule has 3 aromatic heterocycles. The van der Waals surface area contributed by atoms with E-state index in [-0.39, 0.29) is 11.8 Å². The first kappa shape index (κ1) is 20.7. The summed E-state index contributed by atoms with van der Waals surface area (Å²) in [6.07, 6.45) is 0.845. The fraction of sp³-hybridized carbons (Fsp3) is 0.217. The molecule has 3 heterocycles. The van der Waals surface area contributed by atoms with E-state index in [1.807, 2.05) is 54.9 Å². The van der Waals surface area contributed by atoms with Gasteiger partial charge in [0.1, 0.15) is 0 Å². The van der Waals surface area contributed by atoms with Crippen molar-refractivity contribution in [2.45, 2.75) is 33.6 Å². The van der Waals surface area contributed by atoms with E-state index in [1.54, 1.807) is 18.2 Å². The maximum Gasteiger partial charge on any atom is 0.265 e. The van der Waals surface area contributed by atoms with Crippen molar-refractivity contribution < 1.29 is 9.59 Å². The Morgan fingerprint density at radius 2 is 1.77 bits per heavy atom. The molecule has 2 amide bonds. The Bertz CT molecular complexity index is 1260. The molecule has 1 aromatic carbocycles. The van der Waals surface area contributed by atoms with Gasteiger partial charge >= 0.3 is 0 Å². The molecule has 0 aliphatic carbocycles. The molecule has 0 saturated heterocycles. The van der Waals surface area contributed by atoms with Gasteiger partial charge in [-0.05, 0) is 56.3 Å². The highest BCUT2D eigenvalue weighted by Crippen LogP contribution is 2.23. The molecule has 8 heteroatoms. The standard InChI is InChI=1S/C23H23N5O2S/c1-14-13-21-24-15(2)17(16(3)28(21)27-14)10-11-22(29)25-18-7-4-5-8-19(18)26-23(30)20-9-6-12-31-20/h4-9,12-13H,10-11H2,1-3H3,(H,25,29)(H,26,30). The van der Waals surface area contributed by atoms with Gasteiger partial charge in [-0.25, -0.2) is 9.50 Å². The van der Waals surface area contributed by atoms with E-state index in [1.165, 1.54) is 11.3 Å². The van der Waals surface area contributed by atoms with Crippen LogP contribution in [0.2, 0.25) is 0 Å². The van der Waals surface area contributed by atoms with Crippen LogP contribution >= 0.6 is 11.3 Å². The van der Waals surface area contributed by atoms with E-state index in [4.69, 9.17) is 0 Å². The van der Waals surface area contributed by atoms with Gasteiger partial charge in [0, 0.05) is 23.9 Å². The summed E-state index contributed by atoms with van der Waals surface area (Å²) in [5.74, 6) is -0.329. The average Bonchev–Trinajstić information content (AvgIpc) is 3.39. The van der Waals surface area contributed by atoms with Gasteiger partial charge in [-0.15, -0.1) is 11.3 Å². The quantitative estimate of drug-likeness (QED) is 0.467. The summed E-state index contributed by atoms with van der Waals surface area (Å²) in [6.45, 7) is 5.89. The Hall–Kier alpha value is -3.52. The van der Waals surface area contributed by atoms with Crippen LogP contribution in [0.5, 0.6) is 0 Å². The highest BCUT2D eigenvalue weighted by Gasteiger charge is 2.15. The third-order valence-corrected chi connectivity index (χ3v) is 5.95. The zero-order valence-corrected chi connectivity index (χ0v) is 18.4. The van der Waals surface area contributed by atoms with Gasteiger partial charge < -0.3 is 10.6 Å². The van der Waals surface area contributed by atoms with Crippen LogP contribution in [0.15, 0.2) is 47.8 Å². The van der Waals surface area contributed by atoms with Crippen molar-refractivity contribution in [3.63, 3.8) is 0 Å². The Labute approximate surface area is 184 Å². The van der Waals surface area contributed by atoms with Crippen LogP contribution in [0, 0.1) is 20.8 Å². The van der Waals surface area contributed by atoms with Crippen molar-refractivity contribution in [2.24, 2.45) is 0 Å². The van der Waals surface area contributed by atoms with Gasteiger partial charge in [0.05, 0.1) is 21.9 Å². The molecule has 31 heavy (non-hydrogen) atoms. The van der Waals surface area contributed by atoms with Gasteiger partial charge in [0.15, 0.2) is 5.65 Å². The fourth-order valence-corrected chi connectivity index (χ4v) is 4.17. The predicted octanol–water partition coefficient (Wildman–Crippen LogP) is 4.54. The summed E-state index contributed by atoms with van der Waals surface area (Å²) in [5, 5.41) is 12.1. The van der Waals surface area contributed by atoms with Crippen LogP contribution < -0.4 is 10.6 Å². The average molecular weight is 434 g/mol. The number of hydrogen-bond acceptors (Lipinski definition) is 5. The lowest BCUT2D eigenvalue weighted by atomic mass is 10.1. The number of nitrogens with one attached hydrogen (secondary N) is 2. The van der Waals surface area contributed by atoms with E-state index in [0.717, 1.165) is 28.3 Å². The van der Waals surface area contributed by atoms with Gasteiger partial charge in [-0.3, -0.25) is 9.59 Å². The molecule has 0 bridgehead atoms. The van der Waals surface area contributed by atoms with E-state index in [0.29, 0.717) is 29.1 Å². The molecular weight excluding hydrogens is 410 g/mol. The first-order chi connectivity index (χ1) is 14.9. The van der Waals surface area contributed by atoms with Crippen molar-refractivity contribution in [1.29, 1.82) is 0 Å². The summed E-state index contributed by atoms with van der Waals surface area (Å²) in [6, 6.07) is 12.7. The number of fused-ring (bicyclic) bond motifs is 1. The van der Waals surface area contributed by atoms with Gasteiger partial charge in [-0.1, -0.05) is 18.2 Å². The number of para-hydroxylation sites is 2. The minimum Gasteiger partial charge on any atom is -0.324 e. The molecule has 0 aliphatic rings. The molecule has 0 radical (unpaired) electrons. The number of carbonyl (C=O) groups excluding carboxylic acids is 2. The Kier molecular flexibility index (Phi) is 5.81. The molecule has 0 fully saturated rings. The second-order valence-corrected chi connectivity index (χ2v) is 8.29. The van der Waals surface area contributed by atoms with Crippen LogP contribution in [0.1, 0.15) is 38.7 Å². The lowest BCUT2D eigenvalue weighted by Crippen LogP contribution is -2.17. The third-order valence-electron chi connectivity index (χ3n) is 5.08. The normalized spacial score (nSPS) is 10.9. The molecule has 0 spiro atoms. The lowest BCUT2D eigenvalue weighted by molar-refractivity contribution is -0.116. The number of rotatable bonds is 6. The third kappa shape index (κ3) is 4.49. The van der Waals surface area contributed by atoms with Crippen molar-refractivity contribution in [3.05, 3.63) is 75.4 Å². The van der Waals surface area contributed by atoms with Crippen LogP contribution in [-0.2, 0) is 11.2 Å². The Morgan fingerprint density at radius 1 is 1.03 bits per heavy atom. The number of aromatic nitrogens is 3. The monoisotopic (exact) mass is 433 g/mol. The molecule has 4 rings (SSSR count). The van der Waals surface area contributed by atoms with Crippen LogP contribution in [0.25, 0.3) is 5.65 Å². The number of hydrogen-bond donors (Lipinski definition) is 2. The van der Waals surface area contributed by atoms with E-state index in [9.17, 15) is 9.59 Å². The molecule has 158 valence electrons. The maximum absolute atomic E-state index is 12.7. The molecule has 7 nitrogen and oxygen atoms in total. The SMILES string of the molecule is Cc1cc2nc(C)c(CCC(=O)Nc3ccccc3NC(=O)c3cccs3)c(C)n2n1. The van der Waals surface area contributed by atoms with Crippen molar-refractivity contribution in [3.8, 4) is 0 Å². The summed E-state index contributed by atoms with van der Waals surface area (Å²) < 4.78 is 1.82. The molecule has 0 saturated carbocycles. The number of amides is 2. The molecule has 0 aliphatic heterocycles. The Balaban J connectivity index is 1.45. The van der Waals surface area contributed by atoms with Crippen molar-refractivity contribution >= 4 is 40.2 Å². The zero-order chi connectivity index (χ0) is 22.0. The lowest BCUT2D eigenvalue weighted by Gasteiger charge is -2.13. The van der Waals surface area contributed by atoms with Crippen LogP contribution in [0.3, 0.4) is 0 Å². The minimum absolute atomic E-state index is 0.131. The number of nitrogens with zero attached hydrogens (tertiary/aromatic N) is 3. The molecule has 2 N–H and O–H groups in total. The topological polar surface area (TPSA) is 88.4 Å². The highest BCUT2D eigenvalue weighted by atomic mass is 32.1. The second kappa shape index (κ2) is 8.69. The number of carbonyl (C=O) groups is 2. The van der Waals surface area contributed by atoms with E-state index < -0.39 is 0 Å². The number of aryl methyl sites for hydroxylation is 3. The summed E-state index contributed by atoms with van der Waals surface area (Å²) in [5.41, 5.74) is 5.78. The van der Waals surface area contributed by atoms with E-state index in [2.05, 4.69) is 20.7 Å². The van der Waals surface area contributed by atoms with Gasteiger partial charge in [-0.2, -0.15) is 5.10 Å². The van der Waals surface area contributed by atoms with Gasteiger partial charge in [0.2, 0.25) is 5.91 Å².